The summed E-state index contributed by atoms with van der Waals surface area (Å²) in [5.74, 6) is -1.10. The van der Waals surface area contributed by atoms with Crippen LogP contribution in [0.1, 0.15) is 17.3 Å². The van der Waals surface area contributed by atoms with Crippen molar-refractivity contribution in [2.45, 2.75) is 11.8 Å². The third-order valence-corrected chi connectivity index (χ3v) is 3.53. The van der Waals surface area contributed by atoms with Gasteiger partial charge in [-0.25, -0.2) is 13.1 Å². The Kier molecular flexibility index (Phi) is 2.27. The second kappa shape index (κ2) is 3.38. The van der Waals surface area contributed by atoms with Crippen LogP contribution in [0.3, 0.4) is 0 Å². The van der Waals surface area contributed by atoms with Crippen LogP contribution in [0.5, 0.6) is 11.5 Å². The van der Waals surface area contributed by atoms with Crippen molar-refractivity contribution in [3.05, 3.63) is 17.7 Å². The van der Waals surface area contributed by atoms with E-state index in [1.807, 2.05) is 0 Å². The predicted octanol–water partition coefficient (Wildman–Crippen LogP) is 0.223. The largest absolute Gasteiger partial charge is 0.506 e. The molecular formula is C9H9NO5S. The highest BCUT2D eigenvalue weighted by atomic mass is 32.2. The highest BCUT2D eigenvalue weighted by Gasteiger charge is 2.38. The van der Waals surface area contributed by atoms with Gasteiger partial charge in [-0.15, -0.1) is 0 Å². The molecule has 2 N–H and O–H groups in total. The number of hydrogen-bond donors (Lipinski definition) is 2. The summed E-state index contributed by atoms with van der Waals surface area (Å²) in [7, 11) is -3.96. The minimum atomic E-state index is -3.96. The first-order chi connectivity index (χ1) is 7.47. The Morgan fingerprint density at radius 3 is 2.75 bits per heavy atom. The number of carbonyl (C=O) groups excluding carboxylic acids is 1. The van der Waals surface area contributed by atoms with Crippen molar-refractivity contribution in [3.63, 3.8) is 0 Å². The van der Waals surface area contributed by atoms with Crippen LogP contribution in [-0.4, -0.2) is 26.0 Å². The average Bonchev–Trinajstić information content (AvgIpc) is 2.43. The van der Waals surface area contributed by atoms with Gasteiger partial charge in [0.25, 0.3) is 15.9 Å². The number of ether oxygens (including phenoxy) is 1. The highest BCUT2D eigenvalue weighted by molar-refractivity contribution is 7.90. The molecule has 0 radical (unpaired) electrons. The maximum Gasteiger partial charge on any atom is 0.270 e. The summed E-state index contributed by atoms with van der Waals surface area (Å²) in [5.41, 5.74) is -0.137. The Morgan fingerprint density at radius 2 is 2.12 bits per heavy atom. The number of rotatable bonds is 2. The third-order valence-electron chi connectivity index (χ3n) is 2.12. The number of hydrogen-bond acceptors (Lipinski definition) is 5. The summed E-state index contributed by atoms with van der Waals surface area (Å²) >= 11 is 0. The van der Waals surface area contributed by atoms with Crippen molar-refractivity contribution >= 4 is 15.9 Å². The molecule has 1 amide bonds. The van der Waals surface area contributed by atoms with Crippen molar-refractivity contribution in [2.24, 2.45) is 0 Å². The van der Waals surface area contributed by atoms with E-state index in [9.17, 15) is 18.3 Å². The number of fused-ring (bicyclic) bond motifs is 1. The minimum absolute atomic E-state index is 0.137. The van der Waals surface area contributed by atoms with Crippen molar-refractivity contribution in [2.75, 3.05) is 6.61 Å². The van der Waals surface area contributed by atoms with Gasteiger partial charge in [0.2, 0.25) is 0 Å². The van der Waals surface area contributed by atoms with E-state index < -0.39 is 26.6 Å². The zero-order chi connectivity index (χ0) is 11.9. The molecule has 1 aromatic carbocycles. The molecule has 1 aromatic rings. The van der Waals surface area contributed by atoms with E-state index in [-0.39, 0.29) is 11.3 Å². The molecule has 1 aliphatic heterocycles. The third kappa shape index (κ3) is 1.40. The van der Waals surface area contributed by atoms with Gasteiger partial charge in [-0.05, 0) is 19.1 Å². The SMILES string of the molecule is CCOc1ccc(O)c2c1C(=O)NS2(=O)=O. The smallest absolute Gasteiger partial charge is 0.270 e. The Labute approximate surface area is 91.9 Å². The molecular weight excluding hydrogens is 234 g/mol. The first-order valence-electron chi connectivity index (χ1n) is 4.53. The lowest BCUT2D eigenvalue weighted by Crippen LogP contribution is -2.21. The van der Waals surface area contributed by atoms with Crippen LogP contribution in [-0.2, 0) is 10.0 Å². The van der Waals surface area contributed by atoms with Gasteiger partial charge in [-0.1, -0.05) is 0 Å². The maximum atomic E-state index is 11.5. The van der Waals surface area contributed by atoms with Crippen LogP contribution in [0, 0.1) is 0 Å². The first kappa shape index (κ1) is 10.7. The summed E-state index contributed by atoms with van der Waals surface area (Å²) in [6.45, 7) is 2.01. The summed E-state index contributed by atoms with van der Waals surface area (Å²) < 4.78 is 29.9. The molecule has 6 nitrogen and oxygen atoms in total. The Morgan fingerprint density at radius 1 is 1.44 bits per heavy atom. The zero-order valence-corrected chi connectivity index (χ0v) is 9.17. The lowest BCUT2D eigenvalue weighted by atomic mass is 10.2. The van der Waals surface area contributed by atoms with E-state index in [1.165, 1.54) is 12.1 Å². The van der Waals surface area contributed by atoms with Crippen LogP contribution >= 0.6 is 0 Å². The maximum absolute atomic E-state index is 11.5. The molecule has 0 aromatic heterocycles. The molecule has 1 heterocycles. The Balaban J connectivity index is 2.76. The number of carbonyl (C=O) groups is 1. The molecule has 86 valence electrons. The first-order valence-corrected chi connectivity index (χ1v) is 6.01. The highest BCUT2D eigenvalue weighted by Crippen LogP contribution is 2.37. The molecule has 7 heteroatoms. The van der Waals surface area contributed by atoms with Crippen LogP contribution in [0.2, 0.25) is 0 Å². The van der Waals surface area contributed by atoms with Crippen LogP contribution < -0.4 is 9.46 Å². The van der Waals surface area contributed by atoms with Gasteiger partial charge >= 0.3 is 0 Å². The molecule has 0 fully saturated rings. The van der Waals surface area contributed by atoms with E-state index in [0.29, 0.717) is 6.61 Å². The molecule has 0 atom stereocenters. The molecule has 2 rings (SSSR count). The number of nitrogens with one attached hydrogen (secondary N) is 1. The van der Waals surface area contributed by atoms with E-state index in [0.717, 1.165) is 0 Å². The quantitative estimate of drug-likeness (QED) is 0.775. The van der Waals surface area contributed by atoms with Gasteiger partial charge in [0.15, 0.2) is 0 Å². The van der Waals surface area contributed by atoms with Crippen LogP contribution in [0.25, 0.3) is 0 Å². The van der Waals surface area contributed by atoms with Crippen molar-refractivity contribution in [3.8, 4) is 11.5 Å². The van der Waals surface area contributed by atoms with Gasteiger partial charge in [-0.2, -0.15) is 0 Å². The van der Waals surface area contributed by atoms with Crippen LogP contribution in [0.15, 0.2) is 17.0 Å². The number of amides is 1. The fourth-order valence-corrected chi connectivity index (χ4v) is 2.79. The van der Waals surface area contributed by atoms with Crippen molar-refractivity contribution in [1.29, 1.82) is 0 Å². The van der Waals surface area contributed by atoms with Gasteiger partial charge in [0.1, 0.15) is 22.0 Å². The summed E-state index contributed by atoms with van der Waals surface area (Å²) in [6.07, 6.45) is 0. The second-order valence-electron chi connectivity index (χ2n) is 3.15. The van der Waals surface area contributed by atoms with E-state index in [1.54, 1.807) is 11.6 Å². The number of phenolic OH excluding ortho intramolecular Hbond substituents is 1. The monoisotopic (exact) mass is 243 g/mol. The zero-order valence-electron chi connectivity index (χ0n) is 8.35. The summed E-state index contributed by atoms with van der Waals surface area (Å²) in [6, 6.07) is 2.54. The van der Waals surface area contributed by atoms with Crippen molar-refractivity contribution < 1.29 is 23.1 Å². The van der Waals surface area contributed by atoms with Crippen LogP contribution in [0.4, 0.5) is 0 Å². The Hall–Kier alpha value is -1.76. The fourth-order valence-electron chi connectivity index (χ4n) is 1.54. The average molecular weight is 243 g/mol. The molecule has 0 saturated carbocycles. The lowest BCUT2D eigenvalue weighted by Gasteiger charge is -2.06. The molecule has 1 aliphatic rings. The summed E-state index contributed by atoms with van der Waals surface area (Å²) in [4.78, 5) is 11.0. The number of sulfonamides is 1. The number of phenols is 1. The fraction of sp³-hybridized carbons (Fsp3) is 0.222. The van der Waals surface area contributed by atoms with Gasteiger partial charge in [0, 0.05) is 0 Å². The molecule has 0 unspecified atom stereocenters. The van der Waals surface area contributed by atoms with E-state index in [2.05, 4.69) is 0 Å². The van der Waals surface area contributed by atoms with Gasteiger partial charge in [-0.3, -0.25) is 4.79 Å². The van der Waals surface area contributed by atoms with Gasteiger partial charge < -0.3 is 9.84 Å². The summed E-state index contributed by atoms with van der Waals surface area (Å²) in [5, 5.41) is 9.45. The minimum Gasteiger partial charge on any atom is -0.506 e. The number of aromatic hydroxyl groups is 1. The standard InChI is InChI=1S/C9H9NO5S/c1-2-15-6-4-3-5(11)8-7(6)9(12)10-16(8,13)14/h3-4,11H,2H2,1H3,(H,10,12). The molecule has 0 spiro atoms. The topological polar surface area (TPSA) is 92.7 Å². The molecule has 0 bridgehead atoms. The predicted molar refractivity (Wildman–Crippen MR) is 53.9 cm³/mol. The molecule has 0 aliphatic carbocycles. The lowest BCUT2D eigenvalue weighted by molar-refractivity contribution is 0.0981. The van der Waals surface area contributed by atoms with E-state index >= 15 is 0 Å². The molecule has 0 saturated heterocycles. The van der Waals surface area contributed by atoms with E-state index in [4.69, 9.17) is 4.74 Å². The second-order valence-corrected chi connectivity index (χ2v) is 4.77. The number of benzene rings is 1. The van der Waals surface area contributed by atoms with Crippen molar-refractivity contribution in [1.82, 2.24) is 4.72 Å². The normalized spacial score (nSPS) is 16.7. The van der Waals surface area contributed by atoms with Gasteiger partial charge in [0.05, 0.1) is 6.61 Å². The molecule has 16 heavy (non-hydrogen) atoms. The Bertz CT molecular complexity index is 564.